The van der Waals surface area contributed by atoms with Crippen molar-refractivity contribution in [1.82, 2.24) is 24.5 Å². The Morgan fingerprint density at radius 3 is 2.74 bits per heavy atom. The van der Waals surface area contributed by atoms with Crippen LogP contribution in [0.25, 0.3) is 0 Å². The van der Waals surface area contributed by atoms with Crippen LogP contribution in [0.3, 0.4) is 0 Å². The van der Waals surface area contributed by atoms with Gasteiger partial charge in [0.15, 0.2) is 0 Å². The van der Waals surface area contributed by atoms with Gasteiger partial charge in [-0.1, -0.05) is 0 Å². The van der Waals surface area contributed by atoms with Gasteiger partial charge in [0.1, 0.15) is 11.9 Å². The van der Waals surface area contributed by atoms with Gasteiger partial charge in [0.2, 0.25) is 5.91 Å². The number of carbonyl (C=O) groups excluding carboxylic acids is 1. The van der Waals surface area contributed by atoms with Crippen molar-refractivity contribution in [2.75, 3.05) is 7.05 Å². The highest BCUT2D eigenvalue weighted by molar-refractivity contribution is 5.75. The molecule has 23 heavy (non-hydrogen) atoms. The molecule has 0 saturated carbocycles. The Balaban J connectivity index is 1.93. The van der Waals surface area contributed by atoms with E-state index in [4.69, 9.17) is 0 Å². The number of nitro groups is 1. The molecule has 9 nitrogen and oxygen atoms in total. The van der Waals surface area contributed by atoms with Gasteiger partial charge in [0.05, 0.1) is 23.7 Å². The normalized spacial score (nSPS) is 10.7. The number of rotatable bonds is 7. The molecule has 0 aliphatic rings. The van der Waals surface area contributed by atoms with Crippen molar-refractivity contribution >= 4 is 11.6 Å². The molecular weight excluding hydrogens is 300 g/mol. The summed E-state index contributed by atoms with van der Waals surface area (Å²) in [5.74, 6) is -0.0496. The Morgan fingerprint density at radius 2 is 2.13 bits per heavy atom. The molecular formula is C14H20N6O3. The van der Waals surface area contributed by atoms with E-state index in [9.17, 15) is 14.9 Å². The fourth-order valence-electron chi connectivity index (χ4n) is 2.34. The quantitative estimate of drug-likeness (QED) is 0.566. The molecule has 0 saturated heterocycles. The zero-order valence-corrected chi connectivity index (χ0v) is 13.5. The lowest BCUT2D eigenvalue weighted by Gasteiger charge is -2.18. The van der Waals surface area contributed by atoms with Crippen molar-refractivity contribution in [3.63, 3.8) is 0 Å². The molecule has 0 unspecified atom stereocenters. The second kappa shape index (κ2) is 7.03. The van der Waals surface area contributed by atoms with Crippen molar-refractivity contribution in [2.24, 2.45) is 0 Å². The molecule has 0 aromatic carbocycles. The summed E-state index contributed by atoms with van der Waals surface area (Å²) in [6, 6.07) is 1.88. The second-order valence-corrected chi connectivity index (χ2v) is 5.23. The van der Waals surface area contributed by atoms with Gasteiger partial charge >= 0.3 is 5.69 Å². The van der Waals surface area contributed by atoms with Crippen molar-refractivity contribution in [3.8, 4) is 0 Å². The minimum atomic E-state index is -0.474. The van der Waals surface area contributed by atoms with Gasteiger partial charge in [-0.25, -0.2) is 0 Å². The molecule has 0 atom stereocenters. The minimum Gasteiger partial charge on any atom is -0.340 e. The summed E-state index contributed by atoms with van der Waals surface area (Å²) in [7, 11) is 1.73. The van der Waals surface area contributed by atoms with Crippen LogP contribution in [-0.2, 0) is 24.4 Å². The largest absolute Gasteiger partial charge is 0.340 e. The number of carbonyl (C=O) groups is 1. The molecule has 0 aliphatic heterocycles. The monoisotopic (exact) mass is 320 g/mol. The highest BCUT2D eigenvalue weighted by Gasteiger charge is 2.18. The van der Waals surface area contributed by atoms with Gasteiger partial charge in [-0.3, -0.25) is 24.3 Å². The third kappa shape index (κ3) is 3.74. The van der Waals surface area contributed by atoms with Crippen LogP contribution in [-0.4, -0.2) is 42.3 Å². The first-order chi connectivity index (χ1) is 10.9. The van der Waals surface area contributed by atoms with Crippen LogP contribution in [0, 0.1) is 17.0 Å². The maximum atomic E-state index is 12.2. The summed E-state index contributed by atoms with van der Waals surface area (Å²) in [5.41, 5.74) is 1.39. The number of nitrogens with zero attached hydrogens (tertiary/aromatic N) is 6. The summed E-state index contributed by atoms with van der Waals surface area (Å²) < 4.78 is 3.32. The molecule has 0 bridgehead atoms. The van der Waals surface area contributed by atoms with Gasteiger partial charge < -0.3 is 4.90 Å². The highest BCUT2D eigenvalue weighted by Crippen LogP contribution is 2.16. The Kier molecular flexibility index (Phi) is 5.09. The maximum absolute atomic E-state index is 12.2. The lowest BCUT2D eigenvalue weighted by molar-refractivity contribution is -0.385. The van der Waals surface area contributed by atoms with Crippen LogP contribution in [0.5, 0.6) is 0 Å². The zero-order valence-electron chi connectivity index (χ0n) is 13.5. The van der Waals surface area contributed by atoms with Crippen molar-refractivity contribution in [3.05, 3.63) is 40.0 Å². The van der Waals surface area contributed by atoms with Crippen molar-refractivity contribution in [1.29, 1.82) is 0 Å². The van der Waals surface area contributed by atoms with Gasteiger partial charge in [-0.2, -0.15) is 10.2 Å². The summed E-state index contributed by atoms with van der Waals surface area (Å²) >= 11 is 0. The molecule has 0 spiro atoms. The Bertz CT molecular complexity index is 705. The lowest BCUT2D eigenvalue weighted by atomic mass is 10.3. The van der Waals surface area contributed by atoms with E-state index < -0.39 is 4.92 Å². The fourth-order valence-corrected chi connectivity index (χ4v) is 2.34. The second-order valence-electron chi connectivity index (χ2n) is 5.23. The van der Waals surface area contributed by atoms with Crippen LogP contribution in [0.15, 0.2) is 18.5 Å². The molecule has 0 aliphatic carbocycles. The van der Waals surface area contributed by atoms with Gasteiger partial charge in [-0.05, 0) is 19.9 Å². The van der Waals surface area contributed by atoms with Crippen molar-refractivity contribution < 1.29 is 9.72 Å². The van der Waals surface area contributed by atoms with E-state index in [1.54, 1.807) is 25.1 Å². The predicted octanol–water partition coefficient (Wildman–Crippen LogP) is 1.36. The first-order valence-electron chi connectivity index (χ1n) is 7.35. The van der Waals surface area contributed by atoms with Crippen molar-refractivity contribution in [2.45, 2.75) is 39.9 Å². The summed E-state index contributed by atoms with van der Waals surface area (Å²) in [5, 5.41) is 18.9. The van der Waals surface area contributed by atoms with Gasteiger partial charge in [0, 0.05) is 26.2 Å². The molecule has 0 N–H and O–H groups in total. The Labute approximate surface area is 133 Å². The molecule has 2 heterocycles. The first-order valence-corrected chi connectivity index (χ1v) is 7.35. The van der Waals surface area contributed by atoms with Crippen LogP contribution < -0.4 is 0 Å². The fraction of sp³-hybridized carbons (Fsp3) is 0.500. The van der Waals surface area contributed by atoms with E-state index >= 15 is 0 Å². The number of amides is 1. The van der Waals surface area contributed by atoms with Gasteiger partial charge in [0.25, 0.3) is 0 Å². The number of aromatic nitrogens is 4. The van der Waals surface area contributed by atoms with E-state index in [0.717, 1.165) is 12.2 Å². The van der Waals surface area contributed by atoms with E-state index in [0.29, 0.717) is 18.8 Å². The summed E-state index contributed by atoms with van der Waals surface area (Å²) in [6.45, 7) is 5.16. The molecule has 2 aromatic heterocycles. The molecule has 124 valence electrons. The molecule has 2 aromatic rings. The van der Waals surface area contributed by atoms with E-state index in [2.05, 4.69) is 10.2 Å². The summed E-state index contributed by atoms with van der Waals surface area (Å²) in [4.78, 5) is 24.2. The minimum absolute atomic E-state index is 0.0300. The van der Waals surface area contributed by atoms with Crippen LogP contribution in [0.4, 0.5) is 5.69 Å². The standard InChI is InChI=1S/C14H20N6O3/c1-4-18-12(5-7-15-18)10-17(3)14(21)6-8-19-11(2)13(9-16-19)20(22)23/h5,7,9H,4,6,8,10H2,1-3H3. The topological polar surface area (TPSA) is 99.1 Å². The molecule has 0 radical (unpaired) electrons. The molecule has 2 rings (SSSR count). The average molecular weight is 320 g/mol. The molecule has 1 amide bonds. The predicted molar refractivity (Wildman–Crippen MR) is 82.6 cm³/mol. The van der Waals surface area contributed by atoms with Gasteiger partial charge in [-0.15, -0.1) is 0 Å². The van der Waals surface area contributed by atoms with Crippen LogP contribution in [0.2, 0.25) is 0 Å². The van der Waals surface area contributed by atoms with E-state index in [-0.39, 0.29) is 18.0 Å². The number of aryl methyl sites for hydroxylation is 2. The molecule has 9 heteroatoms. The smallest absolute Gasteiger partial charge is 0.309 e. The van der Waals surface area contributed by atoms with Crippen LogP contribution >= 0.6 is 0 Å². The average Bonchev–Trinajstić information content (AvgIpc) is 3.11. The third-order valence-electron chi connectivity index (χ3n) is 3.74. The maximum Gasteiger partial charge on any atom is 0.309 e. The van der Waals surface area contributed by atoms with Crippen LogP contribution in [0.1, 0.15) is 24.7 Å². The Hall–Kier alpha value is -2.71. The zero-order chi connectivity index (χ0) is 17.0. The highest BCUT2D eigenvalue weighted by atomic mass is 16.6. The number of hydrogen-bond acceptors (Lipinski definition) is 5. The van der Waals surface area contributed by atoms with E-state index in [1.807, 2.05) is 17.7 Å². The summed E-state index contributed by atoms with van der Waals surface area (Å²) in [6.07, 6.45) is 3.16. The van der Waals surface area contributed by atoms with E-state index in [1.165, 1.54) is 10.9 Å². The number of hydrogen-bond donors (Lipinski definition) is 0. The Morgan fingerprint density at radius 1 is 1.39 bits per heavy atom. The third-order valence-corrected chi connectivity index (χ3v) is 3.74. The SMILES string of the molecule is CCn1nccc1CN(C)C(=O)CCn1ncc([N+](=O)[O-])c1C. The lowest BCUT2D eigenvalue weighted by Crippen LogP contribution is -2.28. The molecule has 0 fully saturated rings. The first kappa shape index (κ1) is 16.7.